The van der Waals surface area contributed by atoms with Crippen molar-refractivity contribution < 1.29 is 33.3 Å². The Morgan fingerprint density at radius 1 is 0.864 bits per heavy atom. The molecule has 0 aliphatic rings. The second kappa shape index (κ2) is 16.2. The molecule has 3 aromatic carbocycles. The van der Waals surface area contributed by atoms with E-state index in [1.807, 2.05) is 80.5 Å². The maximum atomic E-state index is 12.9. The van der Waals surface area contributed by atoms with Gasteiger partial charge in [-0.1, -0.05) is 42.5 Å². The first-order valence-corrected chi connectivity index (χ1v) is 14.4. The molecule has 0 heterocycles. The number of nitrogens with one attached hydrogen (secondary N) is 1. The van der Waals surface area contributed by atoms with Gasteiger partial charge in [-0.3, -0.25) is 0 Å². The minimum absolute atomic E-state index is 0.0842. The van der Waals surface area contributed by atoms with Crippen LogP contribution in [0.3, 0.4) is 0 Å². The molecule has 0 saturated carbocycles. The van der Waals surface area contributed by atoms with Crippen LogP contribution in [0.15, 0.2) is 90.5 Å². The zero-order valence-electron chi connectivity index (χ0n) is 26.3. The zero-order valence-corrected chi connectivity index (χ0v) is 26.3. The summed E-state index contributed by atoms with van der Waals surface area (Å²) in [5.41, 5.74) is 3.31. The summed E-state index contributed by atoms with van der Waals surface area (Å²) < 4.78 is 22.1. The van der Waals surface area contributed by atoms with E-state index in [-0.39, 0.29) is 25.6 Å². The third-order valence-electron chi connectivity index (χ3n) is 6.29. The Kier molecular flexibility index (Phi) is 12.4. The number of benzene rings is 3. The Hall–Kier alpha value is -4.79. The summed E-state index contributed by atoms with van der Waals surface area (Å²) in [5.74, 6) is -0.315. The lowest BCUT2D eigenvalue weighted by atomic mass is 10.1. The van der Waals surface area contributed by atoms with Crippen LogP contribution >= 0.6 is 0 Å². The maximum absolute atomic E-state index is 12.9. The highest BCUT2D eigenvalue weighted by Crippen LogP contribution is 2.17. The summed E-state index contributed by atoms with van der Waals surface area (Å²) in [6.45, 7) is 7.73. The minimum atomic E-state index is -0.942. The Morgan fingerprint density at radius 2 is 1.52 bits per heavy atom. The number of carbonyl (C=O) groups is 3. The van der Waals surface area contributed by atoms with E-state index in [0.717, 1.165) is 22.4 Å². The molecule has 3 aromatic rings. The van der Waals surface area contributed by atoms with Gasteiger partial charge >= 0.3 is 18.0 Å². The molecule has 234 valence electrons. The molecule has 0 spiro atoms. The largest absolute Gasteiger partial charge is 0.489 e. The highest BCUT2D eigenvalue weighted by molar-refractivity contribution is 5.89. The predicted molar refractivity (Wildman–Crippen MR) is 170 cm³/mol. The van der Waals surface area contributed by atoms with Crippen molar-refractivity contribution >= 4 is 23.7 Å². The molecule has 0 unspecified atom stereocenters. The number of ether oxygens (including phenoxy) is 4. The number of nitrogens with zero attached hydrogens (tertiary/aromatic N) is 1. The number of carbonyl (C=O) groups excluding carboxylic acids is 3. The van der Waals surface area contributed by atoms with Gasteiger partial charge < -0.3 is 29.2 Å². The molecule has 1 amide bonds. The molecule has 0 bridgehead atoms. The van der Waals surface area contributed by atoms with Gasteiger partial charge in [0.25, 0.3) is 0 Å². The molecule has 9 nitrogen and oxygen atoms in total. The van der Waals surface area contributed by atoms with Crippen molar-refractivity contribution in [1.29, 1.82) is 0 Å². The van der Waals surface area contributed by atoms with Crippen LogP contribution in [0, 0.1) is 0 Å². The zero-order chi connectivity index (χ0) is 32.1. The van der Waals surface area contributed by atoms with Crippen molar-refractivity contribution in [2.45, 2.75) is 52.4 Å². The number of hydrogen-bond donors (Lipinski definition) is 1. The van der Waals surface area contributed by atoms with Crippen molar-refractivity contribution in [3.63, 3.8) is 0 Å². The van der Waals surface area contributed by atoms with Crippen molar-refractivity contribution in [2.75, 3.05) is 32.2 Å². The summed E-state index contributed by atoms with van der Waals surface area (Å²) in [6.07, 6.45) is 1.30. The molecule has 0 radical (unpaired) electrons. The van der Waals surface area contributed by atoms with Crippen LogP contribution < -0.4 is 15.0 Å². The molecule has 44 heavy (non-hydrogen) atoms. The molecule has 0 aliphatic carbocycles. The maximum Gasteiger partial charge on any atom is 0.408 e. The third-order valence-corrected chi connectivity index (χ3v) is 6.29. The lowest BCUT2D eigenvalue weighted by Crippen LogP contribution is -2.45. The average molecular weight is 603 g/mol. The van der Waals surface area contributed by atoms with Gasteiger partial charge in [-0.05, 0) is 86.9 Å². The van der Waals surface area contributed by atoms with Crippen LogP contribution in [0.5, 0.6) is 5.75 Å². The van der Waals surface area contributed by atoms with Gasteiger partial charge in [0, 0.05) is 26.2 Å². The molecule has 1 N–H and O–H groups in total. The standard InChI is InChI=1S/C35H42N2O7/c1-25(20-21-41-32(38)28-14-16-29(17-15-28)37(5)6)23-42-30-18-12-26(13-19-30)22-31(33(39)44-35(2,3)4)36-34(40)43-24-27-10-8-7-9-11-27/h7-20,31H,21-24H2,1-6H3,(H,36,40)/b25-20+/t31-/m0/s1. The van der Waals surface area contributed by atoms with E-state index in [9.17, 15) is 14.4 Å². The van der Waals surface area contributed by atoms with Crippen LogP contribution in [-0.2, 0) is 32.0 Å². The van der Waals surface area contributed by atoms with Gasteiger partial charge in [-0.15, -0.1) is 0 Å². The minimum Gasteiger partial charge on any atom is -0.489 e. The van der Waals surface area contributed by atoms with Crippen LogP contribution in [0.1, 0.15) is 49.2 Å². The van der Waals surface area contributed by atoms with Crippen LogP contribution in [0.4, 0.5) is 10.5 Å². The van der Waals surface area contributed by atoms with Gasteiger partial charge in [-0.2, -0.15) is 0 Å². The Morgan fingerprint density at radius 3 is 2.14 bits per heavy atom. The molecule has 9 heteroatoms. The van der Waals surface area contributed by atoms with Gasteiger partial charge in [0.05, 0.1) is 5.56 Å². The van der Waals surface area contributed by atoms with Gasteiger partial charge in [0.2, 0.25) is 0 Å². The molecule has 1 atom stereocenters. The molecule has 0 fully saturated rings. The molecular formula is C35H42N2O7. The molecule has 0 aliphatic heterocycles. The summed E-state index contributed by atoms with van der Waals surface area (Å²) in [5, 5.41) is 2.65. The Balaban J connectivity index is 1.50. The van der Waals surface area contributed by atoms with E-state index in [0.29, 0.717) is 17.9 Å². The first-order chi connectivity index (χ1) is 20.9. The lowest BCUT2D eigenvalue weighted by Gasteiger charge is -2.24. The van der Waals surface area contributed by atoms with Crippen LogP contribution in [0.2, 0.25) is 0 Å². The monoisotopic (exact) mass is 602 g/mol. The number of hydrogen-bond acceptors (Lipinski definition) is 8. The number of alkyl carbamates (subject to hydrolysis) is 1. The quantitative estimate of drug-likeness (QED) is 0.142. The van der Waals surface area contributed by atoms with Crippen molar-refractivity contribution in [3.8, 4) is 5.75 Å². The first-order valence-electron chi connectivity index (χ1n) is 14.4. The number of esters is 2. The molecular weight excluding hydrogens is 560 g/mol. The van der Waals surface area contributed by atoms with Gasteiger partial charge in [0.15, 0.2) is 0 Å². The van der Waals surface area contributed by atoms with E-state index in [4.69, 9.17) is 18.9 Å². The summed E-state index contributed by atoms with van der Waals surface area (Å²) in [6, 6.07) is 22.8. The second-order valence-corrected chi connectivity index (χ2v) is 11.5. The predicted octanol–water partition coefficient (Wildman–Crippen LogP) is 6.11. The van der Waals surface area contributed by atoms with E-state index < -0.39 is 23.7 Å². The molecule has 0 aromatic heterocycles. The fraction of sp³-hybridized carbons (Fsp3) is 0.343. The smallest absolute Gasteiger partial charge is 0.408 e. The average Bonchev–Trinajstić information content (AvgIpc) is 2.99. The number of anilines is 1. The lowest BCUT2D eigenvalue weighted by molar-refractivity contribution is -0.157. The van der Waals surface area contributed by atoms with Gasteiger partial charge in [0.1, 0.15) is 37.2 Å². The van der Waals surface area contributed by atoms with E-state index >= 15 is 0 Å². The van der Waals surface area contributed by atoms with E-state index in [1.54, 1.807) is 51.1 Å². The Labute approximate surface area is 259 Å². The Bertz CT molecular complexity index is 1390. The van der Waals surface area contributed by atoms with Crippen LogP contribution in [-0.4, -0.2) is 57.0 Å². The number of amides is 1. The highest BCUT2D eigenvalue weighted by atomic mass is 16.6. The SMILES string of the molecule is C/C(=C\COC(=O)c1ccc(N(C)C)cc1)COc1ccc(C[C@H](NC(=O)OCc2ccccc2)C(=O)OC(C)(C)C)cc1. The summed E-state index contributed by atoms with van der Waals surface area (Å²) in [7, 11) is 3.87. The van der Waals surface area contributed by atoms with E-state index in [2.05, 4.69) is 5.32 Å². The fourth-order valence-electron chi connectivity index (χ4n) is 3.93. The normalized spacial score (nSPS) is 12.1. The van der Waals surface area contributed by atoms with Crippen LogP contribution in [0.25, 0.3) is 0 Å². The van der Waals surface area contributed by atoms with E-state index in [1.165, 1.54) is 0 Å². The molecule has 0 saturated heterocycles. The first kappa shape index (κ1) is 33.7. The van der Waals surface area contributed by atoms with Crippen molar-refractivity contribution in [3.05, 3.63) is 107 Å². The highest BCUT2D eigenvalue weighted by Gasteiger charge is 2.27. The fourth-order valence-corrected chi connectivity index (χ4v) is 3.93. The van der Waals surface area contributed by atoms with Crippen molar-refractivity contribution in [1.82, 2.24) is 5.32 Å². The number of rotatable bonds is 13. The third kappa shape index (κ3) is 11.8. The summed E-state index contributed by atoms with van der Waals surface area (Å²) in [4.78, 5) is 39.7. The second-order valence-electron chi connectivity index (χ2n) is 11.5. The topological polar surface area (TPSA) is 103 Å². The van der Waals surface area contributed by atoms with Crippen molar-refractivity contribution in [2.24, 2.45) is 0 Å². The van der Waals surface area contributed by atoms with Gasteiger partial charge in [-0.25, -0.2) is 14.4 Å². The summed E-state index contributed by atoms with van der Waals surface area (Å²) >= 11 is 0. The molecule has 3 rings (SSSR count).